The van der Waals surface area contributed by atoms with Crippen molar-refractivity contribution in [1.29, 1.82) is 0 Å². The molecule has 0 radical (unpaired) electrons. The average molecular weight is 234 g/mol. The van der Waals surface area contributed by atoms with E-state index in [2.05, 4.69) is 6.58 Å². The van der Waals surface area contributed by atoms with E-state index in [9.17, 15) is 4.79 Å². The Balaban J connectivity index is 2.87. The Labute approximate surface area is 102 Å². The van der Waals surface area contributed by atoms with Gasteiger partial charge in [0.25, 0.3) is 0 Å². The van der Waals surface area contributed by atoms with Gasteiger partial charge in [-0.25, -0.2) is 4.79 Å². The number of benzene rings is 1. The molecule has 0 saturated heterocycles. The molecular weight excluding hydrogens is 216 g/mol. The molecule has 0 aliphatic rings. The summed E-state index contributed by atoms with van der Waals surface area (Å²) in [7, 11) is 0. The van der Waals surface area contributed by atoms with Gasteiger partial charge in [-0.05, 0) is 20.8 Å². The molecular formula is C14H18O3. The van der Waals surface area contributed by atoms with Crippen molar-refractivity contribution in [2.75, 3.05) is 0 Å². The van der Waals surface area contributed by atoms with E-state index in [1.54, 1.807) is 0 Å². The van der Waals surface area contributed by atoms with E-state index in [0.29, 0.717) is 0 Å². The van der Waals surface area contributed by atoms with Crippen molar-refractivity contribution >= 4 is 5.97 Å². The minimum Gasteiger partial charge on any atom is -0.482 e. The number of carbonyl (C=O) groups is 1. The maximum Gasteiger partial charge on any atom is 0.352 e. The standard InChI is InChI=1S/C14H18O3/c1-5-16-12(11-9-7-6-8-10-11)13(15)17-14(2,3)4/h5-10,12H,1H2,2-4H3/t12-/m1/s1. The number of carbonyl (C=O) groups excluding carboxylic acids is 1. The zero-order chi connectivity index (χ0) is 12.9. The Morgan fingerprint density at radius 3 is 2.35 bits per heavy atom. The monoisotopic (exact) mass is 234 g/mol. The molecule has 3 heteroatoms. The van der Waals surface area contributed by atoms with Gasteiger partial charge < -0.3 is 9.47 Å². The Morgan fingerprint density at radius 1 is 1.29 bits per heavy atom. The third-order valence-electron chi connectivity index (χ3n) is 1.96. The molecule has 0 unspecified atom stereocenters. The van der Waals surface area contributed by atoms with E-state index in [-0.39, 0.29) is 0 Å². The predicted molar refractivity (Wildman–Crippen MR) is 66.3 cm³/mol. The van der Waals surface area contributed by atoms with Gasteiger partial charge in [-0.2, -0.15) is 0 Å². The van der Waals surface area contributed by atoms with E-state index in [0.717, 1.165) is 5.56 Å². The summed E-state index contributed by atoms with van der Waals surface area (Å²) in [5.41, 5.74) is 0.218. The Morgan fingerprint density at radius 2 is 1.88 bits per heavy atom. The number of esters is 1. The Hall–Kier alpha value is -1.77. The molecule has 0 spiro atoms. The van der Waals surface area contributed by atoms with Gasteiger partial charge in [-0.15, -0.1) is 0 Å². The third-order valence-corrected chi connectivity index (χ3v) is 1.96. The lowest BCUT2D eigenvalue weighted by atomic mass is 10.1. The SMILES string of the molecule is C=CO[C@@H](C(=O)OC(C)(C)C)c1ccccc1. The van der Waals surface area contributed by atoms with Crippen LogP contribution in [0.15, 0.2) is 43.2 Å². The van der Waals surface area contributed by atoms with Crippen molar-refractivity contribution in [2.45, 2.75) is 32.5 Å². The van der Waals surface area contributed by atoms with Crippen LogP contribution in [-0.2, 0) is 14.3 Å². The third kappa shape index (κ3) is 4.31. The molecule has 0 bridgehead atoms. The first-order valence-electron chi connectivity index (χ1n) is 5.48. The number of hydrogen-bond acceptors (Lipinski definition) is 3. The summed E-state index contributed by atoms with van der Waals surface area (Å²) in [4.78, 5) is 12.0. The number of ether oxygens (including phenoxy) is 2. The fourth-order valence-corrected chi connectivity index (χ4v) is 1.35. The topological polar surface area (TPSA) is 35.5 Å². The van der Waals surface area contributed by atoms with Crippen LogP contribution in [0, 0.1) is 0 Å². The maximum atomic E-state index is 12.0. The molecule has 92 valence electrons. The van der Waals surface area contributed by atoms with Crippen molar-refractivity contribution in [1.82, 2.24) is 0 Å². The molecule has 1 aromatic rings. The molecule has 0 N–H and O–H groups in total. The first-order chi connectivity index (χ1) is 7.94. The zero-order valence-corrected chi connectivity index (χ0v) is 10.5. The Kier molecular flexibility index (Phi) is 4.32. The maximum absolute atomic E-state index is 12.0. The summed E-state index contributed by atoms with van der Waals surface area (Å²) < 4.78 is 10.5. The quantitative estimate of drug-likeness (QED) is 0.592. The summed E-state index contributed by atoms with van der Waals surface area (Å²) in [5, 5.41) is 0. The van der Waals surface area contributed by atoms with Crippen molar-refractivity contribution < 1.29 is 14.3 Å². The van der Waals surface area contributed by atoms with Crippen LogP contribution < -0.4 is 0 Å². The molecule has 1 rings (SSSR count). The van der Waals surface area contributed by atoms with E-state index < -0.39 is 17.7 Å². The molecule has 0 aliphatic heterocycles. The van der Waals surface area contributed by atoms with Crippen LogP contribution in [0.25, 0.3) is 0 Å². The first-order valence-corrected chi connectivity index (χ1v) is 5.48. The predicted octanol–water partition coefficient (Wildman–Crippen LogP) is 3.23. The largest absolute Gasteiger partial charge is 0.482 e. The molecule has 0 saturated carbocycles. The van der Waals surface area contributed by atoms with Gasteiger partial charge in [0.05, 0.1) is 6.26 Å². The number of hydrogen-bond donors (Lipinski definition) is 0. The molecule has 1 aromatic carbocycles. The highest BCUT2D eigenvalue weighted by atomic mass is 16.6. The molecule has 0 heterocycles. The van der Waals surface area contributed by atoms with Crippen LogP contribution in [-0.4, -0.2) is 11.6 Å². The summed E-state index contributed by atoms with van der Waals surface area (Å²) in [6.45, 7) is 8.94. The summed E-state index contributed by atoms with van der Waals surface area (Å²) >= 11 is 0. The average Bonchev–Trinajstić information content (AvgIpc) is 2.24. The fourth-order valence-electron chi connectivity index (χ4n) is 1.35. The Bertz CT molecular complexity index is 376. The van der Waals surface area contributed by atoms with Gasteiger partial charge in [0.1, 0.15) is 5.60 Å². The van der Waals surface area contributed by atoms with Crippen LogP contribution in [0.4, 0.5) is 0 Å². The zero-order valence-electron chi connectivity index (χ0n) is 10.5. The van der Waals surface area contributed by atoms with Crippen LogP contribution in [0.3, 0.4) is 0 Å². The minimum atomic E-state index is -0.757. The van der Waals surface area contributed by atoms with Gasteiger partial charge >= 0.3 is 5.97 Å². The molecule has 17 heavy (non-hydrogen) atoms. The summed E-state index contributed by atoms with van der Waals surface area (Å²) in [5.74, 6) is -0.413. The van der Waals surface area contributed by atoms with Crippen molar-refractivity contribution in [2.24, 2.45) is 0 Å². The lowest BCUT2D eigenvalue weighted by molar-refractivity contribution is -0.165. The van der Waals surface area contributed by atoms with Crippen LogP contribution in [0.2, 0.25) is 0 Å². The smallest absolute Gasteiger partial charge is 0.352 e. The molecule has 0 fully saturated rings. The second-order valence-electron chi connectivity index (χ2n) is 4.63. The molecule has 1 atom stereocenters. The van der Waals surface area contributed by atoms with Gasteiger partial charge in [0.2, 0.25) is 6.10 Å². The first kappa shape index (κ1) is 13.3. The second kappa shape index (κ2) is 5.53. The molecule has 0 amide bonds. The van der Waals surface area contributed by atoms with Crippen LogP contribution in [0.1, 0.15) is 32.4 Å². The van der Waals surface area contributed by atoms with Crippen LogP contribution in [0.5, 0.6) is 0 Å². The molecule has 0 aliphatic carbocycles. The highest BCUT2D eigenvalue weighted by Gasteiger charge is 2.27. The van der Waals surface area contributed by atoms with Crippen molar-refractivity contribution in [3.05, 3.63) is 48.7 Å². The van der Waals surface area contributed by atoms with E-state index in [4.69, 9.17) is 9.47 Å². The molecule has 0 aromatic heterocycles. The van der Waals surface area contributed by atoms with E-state index in [1.165, 1.54) is 6.26 Å². The van der Waals surface area contributed by atoms with Crippen LogP contribution >= 0.6 is 0 Å². The highest BCUT2D eigenvalue weighted by Crippen LogP contribution is 2.22. The molecule has 3 nitrogen and oxygen atoms in total. The minimum absolute atomic E-state index is 0.413. The summed E-state index contributed by atoms with van der Waals surface area (Å²) in [6, 6.07) is 9.21. The lowest BCUT2D eigenvalue weighted by Gasteiger charge is -2.23. The van der Waals surface area contributed by atoms with E-state index in [1.807, 2.05) is 51.1 Å². The second-order valence-corrected chi connectivity index (χ2v) is 4.63. The lowest BCUT2D eigenvalue weighted by Crippen LogP contribution is -2.28. The van der Waals surface area contributed by atoms with Gasteiger partial charge in [0.15, 0.2) is 0 Å². The number of rotatable bonds is 4. The fraction of sp³-hybridized carbons (Fsp3) is 0.357. The van der Waals surface area contributed by atoms with Crippen molar-refractivity contribution in [3.63, 3.8) is 0 Å². The normalized spacial score (nSPS) is 12.6. The van der Waals surface area contributed by atoms with E-state index >= 15 is 0 Å². The summed E-state index contributed by atoms with van der Waals surface area (Å²) in [6.07, 6.45) is 0.495. The van der Waals surface area contributed by atoms with Crippen molar-refractivity contribution in [3.8, 4) is 0 Å². The van der Waals surface area contributed by atoms with Gasteiger partial charge in [-0.3, -0.25) is 0 Å². The van der Waals surface area contributed by atoms with Gasteiger partial charge in [-0.1, -0.05) is 36.9 Å². The van der Waals surface area contributed by atoms with Gasteiger partial charge in [0, 0.05) is 5.56 Å². The highest BCUT2D eigenvalue weighted by molar-refractivity contribution is 5.77.